The van der Waals surface area contributed by atoms with Gasteiger partial charge in [-0.3, -0.25) is 14.5 Å². The fourth-order valence-corrected chi connectivity index (χ4v) is 2.79. The van der Waals surface area contributed by atoms with Crippen molar-refractivity contribution in [3.8, 4) is 0 Å². The van der Waals surface area contributed by atoms with Crippen molar-refractivity contribution in [2.45, 2.75) is 32.2 Å². The summed E-state index contributed by atoms with van der Waals surface area (Å²) < 4.78 is 1.74. The van der Waals surface area contributed by atoms with E-state index in [1.807, 2.05) is 24.4 Å². The first-order valence-electron chi connectivity index (χ1n) is 8.45. The number of rotatable bonds is 8. The third-order valence-corrected chi connectivity index (χ3v) is 4.12. The van der Waals surface area contributed by atoms with Crippen molar-refractivity contribution in [1.29, 1.82) is 0 Å². The molecule has 1 aromatic carbocycles. The Morgan fingerprint density at radius 2 is 2.00 bits per heavy atom. The van der Waals surface area contributed by atoms with Gasteiger partial charge in [0.1, 0.15) is 0 Å². The Hall–Kier alpha value is -2.78. The van der Waals surface area contributed by atoms with Crippen LogP contribution in [0.15, 0.2) is 36.5 Å². The Morgan fingerprint density at radius 3 is 2.77 bits per heavy atom. The maximum Gasteiger partial charge on any atom is 0.490 e. The Bertz CT molecular complexity index is 912. The van der Waals surface area contributed by atoms with Gasteiger partial charge in [-0.25, -0.2) is 0 Å². The minimum atomic E-state index is -1.55. The second-order valence-electron chi connectivity index (χ2n) is 6.14. The summed E-state index contributed by atoms with van der Waals surface area (Å²) in [5.74, 6) is -0.353. The molecule has 0 aliphatic heterocycles. The van der Waals surface area contributed by atoms with Crippen LogP contribution in [0.25, 0.3) is 10.9 Å². The molecule has 0 unspecified atom stereocenters. The van der Waals surface area contributed by atoms with Crippen LogP contribution in [0.2, 0.25) is 0 Å². The monoisotopic (exact) mass is 353 g/mol. The number of primary amides is 1. The number of benzene rings is 1. The van der Waals surface area contributed by atoms with E-state index in [-0.39, 0.29) is 12.3 Å². The van der Waals surface area contributed by atoms with Crippen molar-refractivity contribution in [2.75, 3.05) is 0 Å². The quantitative estimate of drug-likeness (QED) is 0.471. The lowest BCUT2D eigenvalue weighted by Crippen LogP contribution is -2.31. The highest BCUT2D eigenvalue weighted by molar-refractivity contribution is 6.61. The van der Waals surface area contributed by atoms with Gasteiger partial charge >= 0.3 is 7.12 Å². The van der Waals surface area contributed by atoms with E-state index in [1.54, 1.807) is 16.8 Å². The van der Waals surface area contributed by atoms with E-state index in [1.165, 1.54) is 0 Å². The molecule has 0 fully saturated rings. The van der Waals surface area contributed by atoms with Crippen LogP contribution in [0.4, 0.5) is 0 Å². The number of nitrogens with two attached hydrogens (primary N) is 1. The highest BCUT2D eigenvalue weighted by Gasteiger charge is 2.15. The van der Waals surface area contributed by atoms with Gasteiger partial charge in [-0.05, 0) is 24.3 Å². The minimum Gasteiger partial charge on any atom is -0.423 e. The number of fused-ring (bicyclic) bond motifs is 1. The summed E-state index contributed by atoms with van der Waals surface area (Å²) in [6.07, 6.45) is 4.10. The van der Waals surface area contributed by atoms with Gasteiger partial charge < -0.3 is 15.8 Å². The van der Waals surface area contributed by atoms with Crippen molar-refractivity contribution in [1.82, 2.24) is 20.0 Å². The zero-order valence-electron chi connectivity index (χ0n) is 14.2. The van der Waals surface area contributed by atoms with Crippen LogP contribution in [0.3, 0.4) is 0 Å². The molecular weight excluding hydrogens is 333 g/mol. The highest BCUT2D eigenvalue weighted by atomic mass is 16.4. The van der Waals surface area contributed by atoms with E-state index < -0.39 is 7.12 Å². The molecule has 0 saturated heterocycles. The summed E-state index contributed by atoms with van der Waals surface area (Å²) in [6.45, 7) is 0.674. The predicted octanol–water partition coefficient (Wildman–Crippen LogP) is -0.443. The van der Waals surface area contributed by atoms with E-state index in [0.29, 0.717) is 23.9 Å². The van der Waals surface area contributed by atoms with Gasteiger partial charge in [0.15, 0.2) is 0 Å². The van der Waals surface area contributed by atoms with Crippen LogP contribution in [-0.2, 0) is 24.2 Å². The van der Waals surface area contributed by atoms with Crippen molar-refractivity contribution < 1.29 is 14.8 Å². The molecule has 26 heavy (non-hydrogen) atoms. The van der Waals surface area contributed by atoms with Crippen LogP contribution >= 0.6 is 0 Å². The first-order chi connectivity index (χ1) is 12.5. The Morgan fingerprint density at radius 1 is 1.15 bits per heavy atom. The lowest BCUT2D eigenvalue weighted by Gasteiger charge is -2.07. The Labute approximate surface area is 150 Å². The number of para-hydroxylation sites is 1. The number of pyridine rings is 1. The molecule has 0 spiro atoms. The van der Waals surface area contributed by atoms with E-state index in [4.69, 9.17) is 5.73 Å². The second kappa shape index (κ2) is 8.07. The molecule has 0 saturated carbocycles. The fraction of sp³-hybridized carbons (Fsp3) is 0.294. The molecule has 2 aromatic heterocycles. The lowest BCUT2D eigenvalue weighted by atomic mass is 9.79. The van der Waals surface area contributed by atoms with Gasteiger partial charge in [0.05, 0.1) is 11.2 Å². The number of hydrogen-bond acceptors (Lipinski definition) is 6. The number of aromatic nitrogens is 4. The van der Waals surface area contributed by atoms with Crippen molar-refractivity contribution in [3.63, 3.8) is 0 Å². The predicted molar refractivity (Wildman–Crippen MR) is 97.4 cm³/mol. The van der Waals surface area contributed by atoms with Crippen molar-refractivity contribution in [2.24, 2.45) is 5.73 Å². The van der Waals surface area contributed by atoms with E-state index in [2.05, 4.69) is 15.3 Å². The molecule has 1 amide bonds. The molecule has 8 nitrogen and oxygen atoms in total. The smallest absolute Gasteiger partial charge is 0.423 e. The van der Waals surface area contributed by atoms with Crippen molar-refractivity contribution in [3.05, 3.63) is 47.9 Å². The van der Waals surface area contributed by atoms with Gasteiger partial charge in [0.25, 0.3) is 0 Å². The number of nitrogens with zero attached hydrogens (tertiary/aromatic N) is 4. The van der Waals surface area contributed by atoms with Crippen LogP contribution in [0.5, 0.6) is 0 Å². The Balaban J connectivity index is 1.61. The molecule has 0 aliphatic rings. The van der Waals surface area contributed by atoms with E-state index >= 15 is 0 Å². The SMILES string of the molecule is NC(=O)CCc1cn(CCCc2ccc3cccc(B(O)O)c3n2)nn1. The van der Waals surface area contributed by atoms with Gasteiger partial charge in [0.2, 0.25) is 5.91 Å². The first kappa shape index (κ1) is 18.0. The largest absolute Gasteiger partial charge is 0.490 e. The number of carbonyl (C=O) groups excluding carboxylic acids is 1. The average molecular weight is 353 g/mol. The van der Waals surface area contributed by atoms with Crippen molar-refractivity contribution >= 4 is 29.4 Å². The maximum absolute atomic E-state index is 10.8. The third-order valence-electron chi connectivity index (χ3n) is 4.12. The molecule has 0 radical (unpaired) electrons. The summed E-state index contributed by atoms with van der Waals surface area (Å²) in [5.41, 5.74) is 7.76. The minimum absolute atomic E-state index is 0.263. The number of amides is 1. The number of hydrogen-bond donors (Lipinski definition) is 3. The van der Waals surface area contributed by atoms with Gasteiger partial charge in [-0.15, -0.1) is 5.10 Å². The van der Waals surface area contributed by atoms with Gasteiger partial charge in [0, 0.05) is 36.7 Å². The van der Waals surface area contributed by atoms with E-state index in [9.17, 15) is 14.8 Å². The van der Waals surface area contributed by atoms with Gasteiger partial charge in [-0.1, -0.05) is 29.5 Å². The zero-order valence-corrected chi connectivity index (χ0v) is 14.2. The normalized spacial score (nSPS) is 11.0. The number of carbonyl (C=O) groups is 1. The molecular formula is C17H20BN5O3. The first-order valence-corrected chi connectivity index (χ1v) is 8.45. The van der Waals surface area contributed by atoms with Crippen LogP contribution in [-0.4, -0.2) is 43.1 Å². The zero-order chi connectivity index (χ0) is 18.5. The molecule has 3 aromatic rings. The molecule has 3 rings (SSSR count). The highest BCUT2D eigenvalue weighted by Crippen LogP contribution is 2.12. The second-order valence-corrected chi connectivity index (χ2v) is 6.14. The summed E-state index contributed by atoms with van der Waals surface area (Å²) in [5, 5.41) is 27.9. The van der Waals surface area contributed by atoms with Crippen LogP contribution in [0.1, 0.15) is 24.2 Å². The summed E-state index contributed by atoms with van der Waals surface area (Å²) in [4.78, 5) is 15.4. The van der Waals surface area contributed by atoms with Gasteiger partial charge in [-0.2, -0.15) is 0 Å². The molecule has 0 aliphatic carbocycles. The van der Waals surface area contributed by atoms with Crippen LogP contribution in [0, 0.1) is 0 Å². The molecule has 0 atom stereocenters. The lowest BCUT2D eigenvalue weighted by molar-refractivity contribution is -0.118. The summed E-state index contributed by atoms with van der Waals surface area (Å²) >= 11 is 0. The van der Waals surface area contributed by atoms with Crippen LogP contribution < -0.4 is 11.2 Å². The fourth-order valence-electron chi connectivity index (χ4n) is 2.79. The summed E-state index contributed by atoms with van der Waals surface area (Å²) in [7, 11) is -1.55. The molecule has 134 valence electrons. The molecule has 2 heterocycles. The Kier molecular flexibility index (Phi) is 5.60. The molecule has 4 N–H and O–H groups in total. The average Bonchev–Trinajstić information content (AvgIpc) is 3.07. The summed E-state index contributed by atoms with van der Waals surface area (Å²) in [6, 6.07) is 9.20. The van der Waals surface area contributed by atoms with E-state index in [0.717, 1.165) is 29.6 Å². The standard InChI is InChI=1S/C17H20BN5O3/c19-16(24)9-8-14-11-23(22-21-14)10-2-4-13-7-6-12-3-1-5-15(18(25)26)17(12)20-13/h1,3,5-7,11,25-26H,2,4,8-10H2,(H2,19,24). The molecule has 0 bridgehead atoms. The number of aryl methyl sites for hydroxylation is 3. The maximum atomic E-state index is 10.8. The molecule has 9 heteroatoms. The topological polar surface area (TPSA) is 127 Å². The third kappa shape index (κ3) is 4.44.